The Labute approximate surface area is 236 Å². The van der Waals surface area contributed by atoms with Crippen molar-refractivity contribution in [1.29, 1.82) is 0 Å². The van der Waals surface area contributed by atoms with Gasteiger partial charge in [-0.2, -0.15) is 0 Å². The molecule has 4 aliphatic carbocycles. The molecule has 1 unspecified atom stereocenters. The van der Waals surface area contributed by atoms with Gasteiger partial charge >= 0.3 is 29.6 Å². The van der Waals surface area contributed by atoms with Crippen molar-refractivity contribution in [2.75, 3.05) is 12.3 Å². The van der Waals surface area contributed by atoms with Gasteiger partial charge in [-0.1, -0.05) is 20.8 Å². The Morgan fingerprint density at radius 1 is 1.11 bits per heavy atom. The smallest absolute Gasteiger partial charge is 0.748 e. The molecule has 196 valence electrons. The molecule has 0 aromatic heterocycles. The topological polar surface area (TPSA) is 138 Å². The third-order valence-corrected chi connectivity index (χ3v) is 11.1. The van der Waals surface area contributed by atoms with Crippen LogP contribution in [0.5, 0.6) is 0 Å². The molecule has 0 radical (unpaired) electrons. The van der Waals surface area contributed by atoms with Crippen LogP contribution in [0.15, 0.2) is 0 Å². The zero-order valence-corrected chi connectivity index (χ0v) is 24.8. The molecular formula is C26H38NNaO7S. The van der Waals surface area contributed by atoms with Crippen molar-refractivity contribution in [2.45, 2.75) is 78.6 Å². The Morgan fingerprint density at radius 2 is 1.81 bits per heavy atom. The van der Waals surface area contributed by atoms with Crippen LogP contribution in [0.2, 0.25) is 0 Å². The molecule has 8 atom stereocenters. The Balaban J connectivity index is 0.00000361. The first-order valence-electron chi connectivity index (χ1n) is 13.1. The van der Waals surface area contributed by atoms with Crippen molar-refractivity contribution < 1.29 is 61.7 Å². The third kappa shape index (κ3) is 5.42. The summed E-state index contributed by atoms with van der Waals surface area (Å²) in [5.74, 6) is -0.0899. The van der Waals surface area contributed by atoms with Gasteiger partial charge in [0.05, 0.1) is 15.9 Å². The van der Waals surface area contributed by atoms with Gasteiger partial charge in [-0.25, -0.2) is 8.42 Å². The molecule has 1 N–H and O–H groups in total. The van der Waals surface area contributed by atoms with Crippen molar-refractivity contribution in [3.8, 4) is 0 Å². The van der Waals surface area contributed by atoms with Gasteiger partial charge in [0.2, 0.25) is 5.91 Å². The van der Waals surface area contributed by atoms with Crippen LogP contribution in [0.25, 0.3) is 0 Å². The molecule has 0 bridgehead atoms. The largest absolute Gasteiger partial charge is 1.00 e. The minimum absolute atomic E-state index is 0. The summed E-state index contributed by atoms with van der Waals surface area (Å²) in [6.07, 6.45) is 5.06. The Bertz CT molecular complexity index is 1030. The number of Topliss-reactive ketones (excluding diaryl/α,β-unsaturated/α-hetero) is 3. The summed E-state index contributed by atoms with van der Waals surface area (Å²) in [6.45, 7) is 6.10. The van der Waals surface area contributed by atoms with Crippen molar-refractivity contribution in [2.24, 2.45) is 46.3 Å². The van der Waals surface area contributed by atoms with E-state index >= 15 is 0 Å². The maximum atomic E-state index is 13.8. The van der Waals surface area contributed by atoms with Gasteiger partial charge in [0.15, 0.2) is 0 Å². The number of amides is 1. The second kappa shape index (κ2) is 10.9. The quantitative estimate of drug-likeness (QED) is 0.350. The zero-order chi connectivity index (χ0) is 25.8. The van der Waals surface area contributed by atoms with Crippen LogP contribution in [0.3, 0.4) is 0 Å². The Kier molecular flexibility index (Phi) is 9.04. The summed E-state index contributed by atoms with van der Waals surface area (Å²) >= 11 is 0. The molecule has 10 heteroatoms. The second-order valence-corrected chi connectivity index (χ2v) is 13.6. The molecule has 0 spiro atoms. The summed E-state index contributed by atoms with van der Waals surface area (Å²) < 4.78 is 32.1. The molecular weight excluding hydrogens is 493 g/mol. The van der Waals surface area contributed by atoms with Crippen molar-refractivity contribution in [3.63, 3.8) is 0 Å². The van der Waals surface area contributed by atoms with Crippen molar-refractivity contribution in [3.05, 3.63) is 0 Å². The average molecular weight is 532 g/mol. The molecule has 4 aliphatic rings. The fourth-order valence-corrected chi connectivity index (χ4v) is 8.71. The molecule has 4 fully saturated rings. The number of carbonyl (C=O) groups is 4. The normalized spacial score (nSPS) is 38.9. The van der Waals surface area contributed by atoms with Gasteiger partial charge in [-0.3, -0.25) is 19.2 Å². The molecule has 0 aromatic carbocycles. The van der Waals surface area contributed by atoms with E-state index in [1.165, 1.54) is 0 Å². The van der Waals surface area contributed by atoms with E-state index in [4.69, 9.17) is 0 Å². The zero-order valence-electron chi connectivity index (χ0n) is 22.0. The molecule has 1 amide bonds. The molecule has 0 aromatic rings. The Hall–Kier alpha value is -0.610. The number of hydrogen-bond donors (Lipinski definition) is 1. The summed E-state index contributed by atoms with van der Waals surface area (Å²) in [4.78, 5) is 51.5. The molecule has 0 heterocycles. The summed E-state index contributed by atoms with van der Waals surface area (Å²) in [5.41, 5.74) is -0.722. The maximum Gasteiger partial charge on any atom is 1.00 e. The second-order valence-electron chi connectivity index (χ2n) is 12.1. The van der Waals surface area contributed by atoms with Crippen LogP contribution in [-0.4, -0.2) is 48.5 Å². The molecule has 4 rings (SSSR count). The van der Waals surface area contributed by atoms with Gasteiger partial charge in [-0.15, -0.1) is 0 Å². The minimum atomic E-state index is -4.37. The van der Waals surface area contributed by atoms with E-state index < -0.39 is 21.3 Å². The fourth-order valence-electron chi connectivity index (χ4n) is 8.35. The van der Waals surface area contributed by atoms with Crippen molar-refractivity contribution in [1.82, 2.24) is 5.32 Å². The van der Waals surface area contributed by atoms with Crippen LogP contribution in [-0.2, 0) is 29.3 Å². The van der Waals surface area contributed by atoms with E-state index in [1.807, 2.05) is 6.92 Å². The summed E-state index contributed by atoms with van der Waals surface area (Å²) in [6, 6.07) is 0. The van der Waals surface area contributed by atoms with Crippen LogP contribution >= 0.6 is 0 Å². The minimum Gasteiger partial charge on any atom is -0.748 e. The maximum absolute atomic E-state index is 13.8. The number of ketones is 3. The molecule has 4 saturated carbocycles. The van der Waals surface area contributed by atoms with Gasteiger partial charge in [0.1, 0.15) is 17.3 Å². The first-order valence-corrected chi connectivity index (χ1v) is 14.6. The van der Waals surface area contributed by atoms with E-state index in [-0.39, 0.29) is 107 Å². The van der Waals surface area contributed by atoms with Gasteiger partial charge in [0, 0.05) is 50.0 Å². The first kappa shape index (κ1) is 29.9. The monoisotopic (exact) mass is 531 g/mol. The predicted molar refractivity (Wildman–Crippen MR) is 127 cm³/mol. The summed E-state index contributed by atoms with van der Waals surface area (Å²) in [7, 11) is -4.37. The van der Waals surface area contributed by atoms with Crippen LogP contribution in [0, 0.1) is 46.3 Å². The standard InChI is InChI=1S/C26H39NO7S.Na/c1-15(4-7-23(31)27-10-11-35(32,33)34)18-5-6-19-24-20(14-22(30)26(18,19)3)25(2)9-8-17(28)12-16(25)13-21(24)29;/h15-16,18-20,24H,4-14H2,1-3H3,(H,27,31)(H,32,33,34);/q;+1/p-1/t15-,16?,18-,19+,20+,24+,25+,26-;/m1./s1. The molecule has 8 nitrogen and oxygen atoms in total. The van der Waals surface area contributed by atoms with E-state index in [9.17, 15) is 32.1 Å². The van der Waals surface area contributed by atoms with Gasteiger partial charge in [-0.05, 0) is 60.7 Å². The fraction of sp³-hybridized carbons (Fsp3) is 0.846. The first-order chi connectivity index (χ1) is 16.3. The summed E-state index contributed by atoms with van der Waals surface area (Å²) in [5, 5.41) is 2.48. The molecule has 0 aliphatic heterocycles. The number of nitrogens with one attached hydrogen (secondary N) is 1. The van der Waals surface area contributed by atoms with Crippen LogP contribution in [0.4, 0.5) is 0 Å². The number of hydrogen-bond acceptors (Lipinski definition) is 7. The van der Waals surface area contributed by atoms with Gasteiger partial charge in [0.25, 0.3) is 0 Å². The Morgan fingerprint density at radius 3 is 2.47 bits per heavy atom. The van der Waals surface area contributed by atoms with Gasteiger partial charge < -0.3 is 9.87 Å². The van der Waals surface area contributed by atoms with Crippen LogP contribution < -0.4 is 34.9 Å². The molecule has 36 heavy (non-hydrogen) atoms. The van der Waals surface area contributed by atoms with Crippen LogP contribution in [0.1, 0.15) is 78.6 Å². The predicted octanol–water partition coefficient (Wildman–Crippen LogP) is -0.346. The van der Waals surface area contributed by atoms with E-state index in [1.54, 1.807) is 0 Å². The number of rotatable bonds is 7. The van der Waals surface area contributed by atoms with Crippen molar-refractivity contribution >= 4 is 33.4 Å². The van der Waals surface area contributed by atoms with E-state index in [0.717, 1.165) is 19.3 Å². The molecule has 0 saturated heterocycles. The third-order valence-electron chi connectivity index (χ3n) is 10.4. The van der Waals surface area contributed by atoms with E-state index in [2.05, 4.69) is 19.2 Å². The number of carbonyl (C=O) groups excluding carboxylic acids is 4. The van der Waals surface area contributed by atoms with E-state index in [0.29, 0.717) is 32.1 Å². The SMILES string of the molecule is C[C@H](CCC(=O)NCCS(=O)(=O)[O-])[C@H]1CC[C@H]2[C@@H]3C(=O)CC4CC(=O)CC[C@]4(C)[C@H]3CC(=O)[C@]12C.[Na+]. The average Bonchev–Trinajstić information content (AvgIpc) is 3.12. The number of fused-ring (bicyclic) bond motifs is 5.